The van der Waals surface area contributed by atoms with Crippen LogP contribution in [-0.4, -0.2) is 11.3 Å². The summed E-state index contributed by atoms with van der Waals surface area (Å²) in [6.45, 7) is 4.27. The van der Waals surface area contributed by atoms with Gasteiger partial charge in [0.2, 0.25) is 0 Å². The number of rotatable bonds is 0. The highest BCUT2D eigenvalue weighted by Crippen LogP contribution is 2.56. The van der Waals surface area contributed by atoms with Crippen LogP contribution in [0.2, 0.25) is 0 Å². The van der Waals surface area contributed by atoms with Gasteiger partial charge in [-0.3, -0.25) is 4.79 Å². The number of carbonyl (C=O) groups is 1. The number of hydrogen-bond acceptors (Lipinski definition) is 2. The van der Waals surface area contributed by atoms with Crippen molar-refractivity contribution in [2.24, 2.45) is 17.1 Å². The zero-order valence-electron chi connectivity index (χ0n) is 7.18. The lowest BCUT2D eigenvalue weighted by molar-refractivity contribution is -0.124. The molecule has 0 spiro atoms. The number of carbonyl (C=O) groups excluding carboxylic acids is 1. The number of fused-ring (bicyclic) bond motifs is 2. The van der Waals surface area contributed by atoms with Crippen molar-refractivity contribution >= 4 is 5.78 Å². The molecule has 2 heteroatoms. The molecule has 0 saturated heterocycles. The van der Waals surface area contributed by atoms with Crippen molar-refractivity contribution in [1.29, 1.82) is 0 Å². The fourth-order valence-electron chi connectivity index (χ4n) is 2.71. The fourth-order valence-corrected chi connectivity index (χ4v) is 2.71. The van der Waals surface area contributed by atoms with Gasteiger partial charge in [0.25, 0.3) is 0 Å². The largest absolute Gasteiger partial charge is 0.319 e. The molecular formula is C9H15NO. The maximum absolute atomic E-state index is 11.4. The van der Waals surface area contributed by atoms with Gasteiger partial charge in [-0.1, -0.05) is 13.8 Å². The van der Waals surface area contributed by atoms with Gasteiger partial charge in [0, 0.05) is 6.42 Å². The average Bonchev–Trinajstić information content (AvgIpc) is 2.20. The molecule has 0 heterocycles. The van der Waals surface area contributed by atoms with Gasteiger partial charge in [-0.15, -0.1) is 0 Å². The van der Waals surface area contributed by atoms with Crippen LogP contribution in [0.3, 0.4) is 0 Å². The quantitative estimate of drug-likeness (QED) is 0.566. The van der Waals surface area contributed by atoms with E-state index in [2.05, 4.69) is 13.8 Å². The molecule has 11 heavy (non-hydrogen) atoms. The van der Waals surface area contributed by atoms with Crippen molar-refractivity contribution < 1.29 is 4.79 Å². The minimum atomic E-state index is -0.475. The molecule has 2 rings (SSSR count). The Kier molecular flexibility index (Phi) is 1.12. The standard InChI is InChI=1S/C9H15NO/c1-8(2)6-3-4-9(8,10)7(11)5-6/h6H,3-5,10H2,1-2H3/t6-,9+/m0/s1. The summed E-state index contributed by atoms with van der Waals surface area (Å²) in [5.74, 6) is 0.846. The van der Waals surface area contributed by atoms with Crippen LogP contribution in [0.1, 0.15) is 33.1 Å². The predicted molar refractivity (Wildman–Crippen MR) is 43.0 cm³/mol. The summed E-state index contributed by atoms with van der Waals surface area (Å²) in [4.78, 5) is 11.4. The Labute approximate surface area is 67.1 Å². The molecule has 2 aliphatic carbocycles. The fraction of sp³-hybridized carbons (Fsp3) is 0.889. The lowest BCUT2D eigenvalue weighted by atomic mass is 9.77. The summed E-state index contributed by atoms with van der Waals surface area (Å²) < 4.78 is 0. The zero-order valence-corrected chi connectivity index (χ0v) is 7.18. The van der Waals surface area contributed by atoms with Crippen molar-refractivity contribution in [3.8, 4) is 0 Å². The lowest BCUT2D eigenvalue weighted by Gasteiger charge is -2.32. The van der Waals surface area contributed by atoms with Crippen LogP contribution in [0.4, 0.5) is 0 Å². The van der Waals surface area contributed by atoms with E-state index in [0.29, 0.717) is 11.7 Å². The Morgan fingerprint density at radius 3 is 2.36 bits per heavy atom. The molecule has 0 amide bonds. The third kappa shape index (κ3) is 0.598. The summed E-state index contributed by atoms with van der Waals surface area (Å²) in [5, 5.41) is 0. The van der Waals surface area contributed by atoms with E-state index >= 15 is 0 Å². The molecule has 2 bridgehead atoms. The number of hydrogen-bond donors (Lipinski definition) is 1. The molecule has 0 aromatic rings. The Bertz CT molecular complexity index is 222. The molecule has 2 saturated carbocycles. The second-order valence-corrected chi connectivity index (χ2v) is 4.56. The van der Waals surface area contributed by atoms with E-state index in [4.69, 9.17) is 5.73 Å². The third-order valence-electron chi connectivity index (χ3n) is 3.99. The smallest absolute Gasteiger partial charge is 0.153 e. The van der Waals surface area contributed by atoms with Crippen molar-refractivity contribution in [2.75, 3.05) is 0 Å². The number of ketones is 1. The van der Waals surface area contributed by atoms with Gasteiger partial charge in [0.15, 0.2) is 5.78 Å². The highest BCUT2D eigenvalue weighted by atomic mass is 16.1. The van der Waals surface area contributed by atoms with Crippen LogP contribution in [0, 0.1) is 11.3 Å². The highest BCUT2D eigenvalue weighted by Gasteiger charge is 2.62. The van der Waals surface area contributed by atoms with Gasteiger partial charge in [-0.05, 0) is 24.2 Å². The number of nitrogens with two attached hydrogens (primary N) is 1. The van der Waals surface area contributed by atoms with Crippen LogP contribution in [0.5, 0.6) is 0 Å². The summed E-state index contributed by atoms with van der Waals surface area (Å²) in [5.41, 5.74) is 5.66. The molecule has 2 N–H and O–H groups in total. The summed E-state index contributed by atoms with van der Waals surface area (Å²) in [6, 6.07) is 0. The van der Waals surface area contributed by atoms with E-state index in [1.165, 1.54) is 0 Å². The van der Waals surface area contributed by atoms with E-state index in [1.807, 2.05) is 0 Å². The second kappa shape index (κ2) is 1.69. The topological polar surface area (TPSA) is 43.1 Å². The first-order valence-electron chi connectivity index (χ1n) is 4.31. The molecule has 0 aliphatic heterocycles. The first kappa shape index (κ1) is 7.29. The van der Waals surface area contributed by atoms with Gasteiger partial charge < -0.3 is 5.73 Å². The van der Waals surface area contributed by atoms with Gasteiger partial charge in [0.05, 0.1) is 5.54 Å². The summed E-state index contributed by atoms with van der Waals surface area (Å²) in [7, 11) is 0. The van der Waals surface area contributed by atoms with E-state index in [-0.39, 0.29) is 5.41 Å². The SMILES string of the molecule is CC1(C)[C@H]2CC[C@@]1(N)C(=O)C2. The Hall–Kier alpha value is -0.370. The van der Waals surface area contributed by atoms with Crippen LogP contribution < -0.4 is 5.73 Å². The van der Waals surface area contributed by atoms with Crippen molar-refractivity contribution in [3.63, 3.8) is 0 Å². The predicted octanol–water partition coefficient (Wildman–Crippen LogP) is 1.09. The monoisotopic (exact) mass is 153 g/mol. The normalized spacial score (nSPS) is 46.8. The Morgan fingerprint density at radius 2 is 2.18 bits per heavy atom. The van der Waals surface area contributed by atoms with Crippen molar-refractivity contribution in [1.82, 2.24) is 0 Å². The van der Waals surface area contributed by atoms with Crippen molar-refractivity contribution in [3.05, 3.63) is 0 Å². The molecule has 2 atom stereocenters. The van der Waals surface area contributed by atoms with Crippen molar-refractivity contribution in [2.45, 2.75) is 38.6 Å². The van der Waals surface area contributed by atoms with E-state index < -0.39 is 5.54 Å². The Morgan fingerprint density at radius 1 is 1.55 bits per heavy atom. The molecule has 2 fully saturated rings. The molecule has 0 radical (unpaired) electrons. The molecule has 62 valence electrons. The zero-order chi connectivity index (χ0) is 8.28. The van der Waals surface area contributed by atoms with E-state index in [1.54, 1.807) is 0 Å². The van der Waals surface area contributed by atoms with Gasteiger partial charge in [-0.25, -0.2) is 0 Å². The number of Topliss-reactive ketones (excluding diaryl/α,β-unsaturated/α-hetero) is 1. The second-order valence-electron chi connectivity index (χ2n) is 4.56. The molecule has 2 nitrogen and oxygen atoms in total. The minimum absolute atomic E-state index is 0.0596. The average molecular weight is 153 g/mol. The Balaban J connectivity index is 2.47. The van der Waals surface area contributed by atoms with Gasteiger partial charge in [0.1, 0.15) is 0 Å². The summed E-state index contributed by atoms with van der Waals surface area (Å²) in [6.07, 6.45) is 2.78. The molecule has 0 aromatic carbocycles. The highest BCUT2D eigenvalue weighted by molar-refractivity contribution is 5.93. The maximum Gasteiger partial charge on any atom is 0.153 e. The maximum atomic E-state index is 11.4. The first-order valence-corrected chi connectivity index (χ1v) is 4.31. The molecule has 0 aromatic heterocycles. The minimum Gasteiger partial charge on any atom is -0.319 e. The van der Waals surface area contributed by atoms with Crippen LogP contribution in [0.25, 0.3) is 0 Å². The first-order chi connectivity index (χ1) is 4.98. The van der Waals surface area contributed by atoms with Gasteiger partial charge in [-0.2, -0.15) is 0 Å². The lowest BCUT2D eigenvalue weighted by Crippen LogP contribution is -2.51. The van der Waals surface area contributed by atoms with Gasteiger partial charge >= 0.3 is 0 Å². The third-order valence-corrected chi connectivity index (χ3v) is 3.99. The molecule has 0 unspecified atom stereocenters. The van der Waals surface area contributed by atoms with Crippen LogP contribution in [0.15, 0.2) is 0 Å². The van der Waals surface area contributed by atoms with Crippen LogP contribution in [-0.2, 0) is 4.79 Å². The molecular weight excluding hydrogens is 138 g/mol. The summed E-state index contributed by atoms with van der Waals surface area (Å²) >= 11 is 0. The van der Waals surface area contributed by atoms with E-state index in [0.717, 1.165) is 19.3 Å². The van der Waals surface area contributed by atoms with Crippen LogP contribution >= 0.6 is 0 Å². The molecule has 2 aliphatic rings. The van der Waals surface area contributed by atoms with E-state index in [9.17, 15) is 4.79 Å².